The van der Waals surface area contributed by atoms with Gasteiger partial charge in [-0.15, -0.1) is 0 Å². The van der Waals surface area contributed by atoms with E-state index in [1.54, 1.807) is 16.8 Å². The fourth-order valence-corrected chi connectivity index (χ4v) is 4.05. The molecule has 27 heavy (non-hydrogen) atoms. The second-order valence-electron chi connectivity index (χ2n) is 7.41. The van der Waals surface area contributed by atoms with E-state index in [2.05, 4.69) is 12.1 Å². The molecule has 2 aliphatic rings. The third-order valence-electron chi connectivity index (χ3n) is 5.57. The average molecular weight is 365 g/mol. The van der Waals surface area contributed by atoms with Crippen LogP contribution >= 0.6 is 0 Å². The number of fused-ring (bicyclic) bond motifs is 1. The molecule has 1 saturated heterocycles. The molecule has 0 bridgehead atoms. The molecule has 4 N–H and O–H groups in total. The highest BCUT2D eigenvalue weighted by molar-refractivity contribution is 5.79. The van der Waals surface area contributed by atoms with Gasteiger partial charge in [-0.05, 0) is 55.4 Å². The average Bonchev–Trinajstić information content (AvgIpc) is 2.72. The molecule has 0 unspecified atom stereocenters. The van der Waals surface area contributed by atoms with Crippen molar-refractivity contribution >= 4 is 5.96 Å². The van der Waals surface area contributed by atoms with Gasteiger partial charge >= 0.3 is 0 Å². The van der Waals surface area contributed by atoms with Crippen molar-refractivity contribution in [3.8, 4) is 5.75 Å². The maximum atomic E-state index is 8.52. The molecule has 1 fully saturated rings. The molecule has 0 spiro atoms. The summed E-state index contributed by atoms with van der Waals surface area (Å²) in [4.78, 5) is 2.04. The lowest BCUT2D eigenvalue weighted by molar-refractivity contribution is 0.176. The van der Waals surface area contributed by atoms with E-state index in [1.165, 1.54) is 6.42 Å². The zero-order valence-electron chi connectivity index (χ0n) is 15.5. The number of aromatic nitrogens is 1. The van der Waals surface area contributed by atoms with Crippen LogP contribution in [-0.4, -0.2) is 28.5 Å². The van der Waals surface area contributed by atoms with Crippen LogP contribution in [0.5, 0.6) is 5.75 Å². The summed E-state index contributed by atoms with van der Waals surface area (Å²) in [5.74, 6) is 1.04. The molecule has 2 aromatic rings. The van der Waals surface area contributed by atoms with E-state index in [-0.39, 0.29) is 12.1 Å². The molecule has 6 heteroatoms. The molecule has 2 heterocycles. The summed E-state index contributed by atoms with van der Waals surface area (Å²) in [5.41, 5.74) is 8.84. The molecule has 4 rings (SSSR count). The Morgan fingerprint density at radius 1 is 1.00 bits per heavy atom. The van der Waals surface area contributed by atoms with Crippen molar-refractivity contribution in [1.29, 1.82) is 10.8 Å². The van der Waals surface area contributed by atoms with Crippen molar-refractivity contribution in [2.24, 2.45) is 5.73 Å². The standard InChI is InChI=1S/C21H27N5O/c22-18-9-10-19(17-7-3-2-6-16(17)18)27-15-8-11-20(23)26(14-15)21(24)25-12-4-1-5-13-25/h2-3,6-8,11,14,18-19,23-24H,1,4-5,9-10,12-13,22H2/t18-,19-/m0/s1. The molecule has 1 aliphatic heterocycles. The first-order chi connectivity index (χ1) is 13.1. The smallest absolute Gasteiger partial charge is 0.203 e. The number of piperidine rings is 1. The zero-order chi connectivity index (χ0) is 18.8. The Bertz CT molecular complexity index is 884. The SMILES string of the molecule is N=C(N1CCCCC1)n1cc(O[C@H]2CC[C@H](N)c3ccccc32)ccc1=N. The van der Waals surface area contributed by atoms with E-state index < -0.39 is 0 Å². The Balaban J connectivity index is 1.58. The van der Waals surface area contributed by atoms with Crippen LogP contribution in [0.2, 0.25) is 0 Å². The van der Waals surface area contributed by atoms with Crippen molar-refractivity contribution < 1.29 is 4.74 Å². The van der Waals surface area contributed by atoms with Gasteiger partial charge in [0.1, 0.15) is 17.3 Å². The lowest BCUT2D eigenvalue weighted by Crippen LogP contribution is -2.42. The van der Waals surface area contributed by atoms with Crippen LogP contribution in [0.3, 0.4) is 0 Å². The van der Waals surface area contributed by atoms with Gasteiger partial charge in [-0.3, -0.25) is 15.4 Å². The number of nitrogens with zero attached hydrogens (tertiary/aromatic N) is 2. The number of nitrogens with one attached hydrogen (secondary N) is 2. The number of ether oxygens (including phenoxy) is 1. The van der Waals surface area contributed by atoms with Crippen molar-refractivity contribution in [3.05, 3.63) is 59.2 Å². The molecule has 0 amide bonds. The van der Waals surface area contributed by atoms with E-state index in [4.69, 9.17) is 21.3 Å². The molecule has 2 atom stereocenters. The number of hydrogen-bond donors (Lipinski definition) is 3. The summed E-state index contributed by atoms with van der Waals surface area (Å²) in [6.07, 6.45) is 6.91. The van der Waals surface area contributed by atoms with Gasteiger partial charge in [0, 0.05) is 19.1 Å². The summed E-state index contributed by atoms with van der Waals surface area (Å²) >= 11 is 0. The quantitative estimate of drug-likeness (QED) is 0.564. The lowest BCUT2D eigenvalue weighted by Gasteiger charge is -2.31. The number of rotatable bonds is 2. The second kappa shape index (κ2) is 7.56. The van der Waals surface area contributed by atoms with Gasteiger partial charge in [0.05, 0.1) is 6.20 Å². The molecule has 1 aromatic carbocycles. The van der Waals surface area contributed by atoms with Crippen LogP contribution in [0.1, 0.15) is 55.4 Å². The van der Waals surface area contributed by atoms with Gasteiger partial charge in [0.2, 0.25) is 5.96 Å². The normalized spacial score (nSPS) is 22.2. The van der Waals surface area contributed by atoms with Crippen LogP contribution in [-0.2, 0) is 0 Å². The van der Waals surface area contributed by atoms with Crippen LogP contribution < -0.4 is 16.0 Å². The van der Waals surface area contributed by atoms with Crippen molar-refractivity contribution in [1.82, 2.24) is 9.47 Å². The number of benzene rings is 1. The van der Waals surface area contributed by atoms with Gasteiger partial charge < -0.3 is 15.4 Å². The zero-order valence-corrected chi connectivity index (χ0v) is 15.5. The maximum absolute atomic E-state index is 8.52. The number of hydrogen-bond acceptors (Lipinski definition) is 4. The molecular weight excluding hydrogens is 338 g/mol. The Morgan fingerprint density at radius 2 is 1.74 bits per heavy atom. The number of nitrogens with two attached hydrogens (primary N) is 1. The van der Waals surface area contributed by atoms with Gasteiger partial charge in [-0.25, -0.2) is 0 Å². The van der Waals surface area contributed by atoms with Crippen molar-refractivity contribution in [3.63, 3.8) is 0 Å². The summed E-state index contributed by atoms with van der Waals surface area (Å²) in [6.45, 7) is 1.76. The van der Waals surface area contributed by atoms with E-state index in [9.17, 15) is 0 Å². The van der Waals surface area contributed by atoms with E-state index in [0.717, 1.165) is 49.9 Å². The molecule has 0 saturated carbocycles. The first-order valence-electron chi connectivity index (χ1n) is 9.76. The minimum atomic E-state index is -0.0461. The van der Waals surface area contributed by atoms with Gasteiger partial charge in [0.25, 0.3) is 0 Å². The van der Waals surface area contributed by atoms with Crippen LogP contribution in [0.25, 0.3) is 0 Å². The lowest BCUT2D eigenvalue weighted by atomic mass is 9.86. The molecular formula is C21H27N5O. The molecule has 6 nitrogen and oxygen atoms in total. The Hall–Kier alpha value is -2.60. The second-order valence-corrected chi connectivity index (χ2v) is 7.41. The summed E-state index contributed by atoms with van der Waals surface area (Å²) in [6, 6.07) is 11.8. The topological polar surface area (TPSA) is 91.1 Å². The molecule has 142 valence electrons. The van der Waals surface area contributed by atoms with Gasteiger partial charge in [-0.2, -0.15) is 0 Å². The van der Waals surface area contributed by atoms with Crippen LogP contribution in [0.4, 0.5) is 0 Å². The number of likely N-dealkylation sites (tertiary alicyclic amines) is 1. The molecule has 1 aliphatic carbocycles. The molecule has 1 aromatic heterocycles. The van der Waals surface area contributed by atoms with Crippen LogP contribution in [0.15, 0.2) is 42.6 Å². The molecule has 0 radical (unpaired) electrons. The first-order valence-corrected chi connectivity index (χ1v) is 9.76. The minimum Gasteiger partial charge on any atom is -0.484 e. The predicted molar refractivity (Wildman–Crippen MR) is 105 cm³/mol. The number of pyridine rings is 1. The summed E-state index contributed by atoms with van der Waals surface area (Å²) in [7, 11) is 0. The monoisotopic (exact) mass is 365 g/mol. The van der Waals surface area contributed by atoms with Crippen LogP contribution in [0, 0.1) is 10.8 Å². The van der Waals surface area contributed by atoms with E-state index in [0.29, 0.717) is 17.2 Å². The van der Waals surface area contributed by atoms with E-state index >= 15 is 0 Å². The summed E-state index contributed by atoms with van der Waals surface area (Å²) in [5, 5.41) is 16.7. The fraction of sp³-hybridized carbons (Fsp3) is 0.429. The first kappa shape index (κ1) is 17.8. The van der Waals surface area contributed by atoms with Gasteiger partial charge in [0.15, 0.2) is 0 Å². The highest BCUT2D eigenvalue weighted by Crippen LogP contribution is 2.37. The van der Waals surface area contributed by atoms with Crippen molar-refractivity contribution in [2.45, 2.75) is 44.2 Å². The van der Waals surface area contributed by atoms with Gasteiger partial charge in [-0.1, -0.05) is 24.3 Å². The third-order valence-corrected chi connectivity index (χ3v) is 5.57. The Labute approximate surface area is 159 Å². The predicted octanol–water partition coefficient (Wildman–Crippen LogP) is 3.15. The van der Waals surface area contributed by atoms with Crippen molar-refractivity contribution in [2.75, 3.05) is 13.1 Å². The van der Waals surface area contributed by atoms with E-state index in [1.807, 2.05) is 23.1 Å². The largest absolute Gasteiger partial charge is 0.484 e. The fourth-order valence-electron chi connectivity index (χ4n) is 4.05. The Kier molecular flexibility index (Phi) is 4.99. The highest BCUT2D eigenvalue weighted by atomic mass is 16.5. The summed E-state index contributed by atoms with van der Waals surface area (Å²) < 4.78 is 7.90. The highest BCUT2D eigenvalue weighted by Gasteiger charge is 2.26. The minimum absolute atomic E-state index is 0.0461. The third kappa shape index (κ3) is 3.62. The Morgan fingerprint density at radius 3 is 2.52 bits per heavy atom. The maximum Gasteiger partial charge on any atom is 0.203 e.